The van der Waals surface area contributed by atoms with Gasteiger partial charge in [-0.2, -0.15) is 0 Å². The number of benzene rings is 1. The molecule has 1 fully saturated rings. The van der Waals surface area contributed by atoms with Crippen LogP contribution in [-0.2, 0) is 16.4 Å². The van der Waals surface area contributed by atoms with Crippen molar-refractivity contribution in [1.29, 1.82) is 0 Å². The van der Waals surface area contributed by atoms with Gasteiger partial charge in [0.2, 0.25) is 0 Å². The molecule has 0 bridgehead atoms. The van der Waals surface area contributed by atoms with Crippen molar-refractivity contribution < 1.29 is 8.42 Å². The first-order chi connectivity index (χ1) is 8.31. The zero-order valence-corrected chi connectivity index (χ0v) is 11.7. The van der Waals surface area contributed by atoms with Crippen molar-refractivity contribution in [2.75, 3.05) is 24.3 Å². The second kappa shape index (κ2) is 4.55. The summed E-state index contributed by atoms with van der Waals surface area (Å²) in [6.07, 6.45) is 0.709. The second-order valence-electron chi connectivity index (χ2n) is 5.44. The highest BCUT2D eigenvalue weighted by atomic mass is 32.2. The summed E-state index contributed by atoms with van der Waals surface area (Å²) < 4.78 is 23.2. The summed E-state index contributed by atoms with van der Waals surface area (Å²) in [5, 5.41) is 0. The molecule has 0 unspecified atom stereocenters. The van der Waals surface area contributed by atoms with Gasteiger partial charge in [-0.1, -0.05) is 12.1 Å². The quantitative estimate of drug-likeness (QED) is 0.839. The number of nitrogens with zero attached hydrogens (tertiary/aromatic N) is 1. The van der Waals surface area contributed by atoms with Crippen LogP contribution >= 0.6 is 0 Å². The third-order valence-electron chi connectivity index (χ3n) is 3.80. The number of hydrogen-bond acceptors (Lipinski definition) is 4. The van der Waals surface area contributed by atoms with Gasteiger partial charge < -0.3 is 5.73 Å². The molecule has 5 heteroatoms. The lowest BCUT2D eigenvalue weighted by Crippen LogP contribution is -2.44. The fraction of sp³-hybridized carbons (Fsp3) is 0.538. The Balaban J connectivity index is 2.08. The van der Waals surface area contributed by atoms with Crippen molar-refractivity contribution >= 4 is 15.5 Å². The Bertz CT molecular complexity index is 524. The molecule has 0 spiro atoms. The van der Waals surface area contributed by atoms with E-state index in [2.05, 4.69) is 4.90 Å². The molecule has 0 radical (unpaired) electrons. The lowest BCUT2D eigenvalue weighted by atomic mass is 9.99. The molecule has 1 atom stereocenters. The number of hydrogen-bond donors (Lipinski definition) is 1. The van der Waals surface area contributed by atoms with Crippen LogP contribution in [0.25, 0.3) is 0 Å². The zero-order valence-electron chi connectivity index (χ0n) is 10.9. The van der Waals surface area contributed by atoms with Gasteiger partial charge >= 0.3 is 0 Å². The first-order valence-electron chi connectivity index (χ1n) is 6.07. The van der Waals surface area contributed by atoms with E-state index in [-0.39, 0.29) is 11.3 Å². The maximum atomic E-state index is 11.6. The van der Waals surface area contributed by atoms with Crippen LogP contribution in [0.4, 0.5) is 5.69 Å². The summed E-state index contributed by atoms with van der Waals surface area (Å²) in [7, 11) is -0.876. The van der Waals surface area contributed by atoms with E-state index in [0.717, 1.165) is 17.8 Å². The van der Waals surface area contributed by atoms with E-state index in [0.29, 0.717) is 12.2 Å². The largest absolute Gasteiger partial charge is 0.399 e. The minimum atomic E-state index is -2.86. The Kier molecular flexibility index (Phi) is 3.38. The molecule has 0 saturated carbocycles. The van der Waals surface area contributed by atoms with Crippen molar-refractivity contribution in [1.82, 2.24) is 4.90 Å². The van der Waals surface area contributed by atoms with E-state index in [1.165, 1.54) is 0 Å². The number of nitrogens with two attached hydrogens (primary N) is 1. The lowest BCUT2D eigenvalue weighted by molar-refractivity contribution is 0.154. The Morgan fingerprint density at radius 2 is 1.94 bits per heavy atom. The van der Waals surface area contributed by atoms with Crippen LogP contribution in [0.15, 0.2) is 24.3 Å². The third-order valence-corrected chi connectivity index (χ3v) is 5.69. The van der Waals surface area contributed by atoms with E-state index in [1.807, 2.05) is 38.2 Å². The molecule has 0 amide bonds. The molecular formula is C13H20N2O2S. The van der Waals surface area contributed by atoms with Gasteiger partial charge in [0, 0.05) is 17.8 Å². The molecule has 0 aliphatic carbocycles. The minimum Gasteiger partial charge on any atom is -0.399 e. The highest BCUT2D eigenvalue weighted by Gasteiger charge is 2.41. The van der Waals surface area contributed by atoms with Crippen LogP contribution in [0, 0.1) is 0 Å². The Hall–Kier alpha value is -1.07. The van der Waals surface area contributed by atoms with E-state index in [1.54, 1.807) is 0 Å². The van der Waals surface area contributed by atoms with Gasteiger partial charge in [-0.3, -0.25) is 4.90 Å². The smallest absolute Gasteiger partial charge is 0.152 e. The van der Waals surface area contributed by atoms with Gasteiger partial charge in [0.25, 0.3) is 0 Å². The van der Waals surface area contributed by atoms with Crippen molar-refractivity contribution in [3.8, 4) is 0 Å². The maximum Gasteiger partial charge on any atom is 0.152 e. The van der Waals surface area contributed by atoms with Crippen molar-refractivity contribution in [3.05, 3.63) is 29.8 Å². The molecule has 1 heterocycles. The predicted octanol–water partition coefficient (Wildman–Crippen LogP) is 1.28. The highest BCUT2D eigenvalue weighted by Crippen LogP contribution is 2.29. The van der Waals surface area contributed by atoms with Crippen LogP contribution in [0.2, 0.25) is 0 Å². The van der Waals surface area contributed by atoms with Crippen LogP contribution < -0.4 is 5.73 Å². The van der Waals surface area contributed by atoms with Gasteiger partial charge in [-0.25, -0.2) is 8.42 Å². The van der Waals surface area contributed by atoms with Gasteiger partial charge in [0.15, 0.2) is 9.84 Å². The summed E-state index contributed by atoms with van der Waals surface area (Å²) in [4.78, 5) is 2.13. The van der Waals surface area contributed by atoms with Gasteiger partial charge in [-0.15, -0.1) is 0 Å². The summed E-state index contributed by atoms with van der Waals surface area (Å²) in [6.45, 7) is 2.77. The number of rotatable bonds is 3. The maximum absolute atomic E-state index is 11.6. The summed E-state index contributed by atoms with van der Waals surface area (Å²) in [5.74, 6) is 0.557. The van der Waals surface area contributed by atoms with Crippen molar-refractivity contribution in [3.63, 3.8) is 0 Å². The zero-order chi connectivity index (χ0) is 13.4. The first kappa shape index (κ1) is 13.4. The average Bonchev–Trinajstić information content (AvgIpc) is 2.58. The lowest BCUT2D eigenvalue weighted by Gasteiger charge is -2.34. The number of anilines is 1. The van der Waals surface area contributed by atoms with Gasteiger partial charge in [-0.05, 0) is 38.1 Å². The molecule has 1 aromatic rings. The standard InChI is InChI=1S/C13H20N2O2S/c1-13(7-8-18(16,17)10-13)15(2)9-11-3-5-12(14)6-4-11/h3-6H,7-10,14H2,1-2H3/t13-/m1/s1. The van der Waals surface area contributed by atoms with Crippen LogP contribution in [0.1, 0.15) is 18.9 Å². The van der Waals surface area contributed by atoms with Crippen LogP contribution in [0.3, 0.4) is 0 Å². The molecule has 1 saturated heterocycles. The predicted molar refractivity (Wildman–Crippen MR) is 74.0 cm³/mol. The number of sulfone groups is 1. The van der Waals surface area contributed by atoms with Crippen LogP contribution in [0.5, 0.6) is 0 Å². The number of nitrogen functional groups attached to an aromatic ring is 1. The van der Waals surface area contributed by atoms with E-state index in [4.69, 9.17) is 5.73 Å². The second-order valence-corrected chi connectivity index (χ2v) is 7.62. The molecule has 1 aliphatic heterocycles. The Labute approximate surface area is 109 Å². The van der Waals surface area contributed by atoms with Gasteiger partial charge in [0.1, 0.15) is 0 Å². The molecule has 18 heavy (non-hydrogen) atoms. The molecule has 0 aromatic heterocycles. The molecule has 1 aromatic carbocycles. The minimum absolute atomic E-state index is 0.250. The SMILES string of the molecule is CN(Cc1ccc(N)cc1)[C@]1(C)CCS(=O)(=O)C1. The first-order valence-corrected chi connectivity index (χ1v) is 7.89. The topological polar surface area (TPSA) is 63.4 Å². The molecular weight excluding hydrogens is 248 g/mol. The highest BCUT2D eigenvalue weighted by molar-refractivity contribution is 7.91. The molecule has 4 nitrogen and oxygen atoms in total. The molecule has 2 rings (SSSR count). The average molecular weight is 268 g/mol. The van der Waals surface area contributed by atoms with Crippen molar-refractivity contribution in [2.24, 2.45) is 0 Å². The van der Waals surface area contributed by atoms with Gasteiger partial charge in [0.05, 0.1) is 11.5 Å². The monoisotopic (exact) mass is 268 g/mol. The molecule has 100 valence electrons. The normalized spacial score (nSPS) is 26.6. The Morgan fingerprint density at radius 1 is 1.33 bits per heavy atom. The van der Waals surface area contributed by atoms with Crippen LogP contribution in [-0.4, -0.2) is 37.4 Å². The molecule has 1 aliphatic rings. The van der Waals surface area contributed by atoms with E-state index < -0.39 is 9.84 Å². The summed E-state index contributed by atoms with van der Waals surface area (Å²) in [5.41, 5.74) is 7.30. The fourth-order valence-electron chi connectivity index (χ4n) is 2.38. The Morgan fingerprint density at radius 3 is 2.44 bits per heavy atom. The van der Waals surface area contributed by atoms with E-state index >= 15 is 0 Å². The fourth-order valence-corrected chi connectivity index (χ4v) is 4.59. The third kappa shape index (κ3) is 2.84. The summed E-state index contributed by atoms with van der Waals surface area (Å²) >= 11 is 0. The van der Waals surface area contributed by atoms with Crippen molar-refractivity contribution in [2.45, 2.75) is 25.4 Å². The van der Waals surface area contributed by atoms with E-state index in [9.17, 15) is 8.42 Å². The molecule has 2 N–H and O–H groups in total. The summed E-state index contributed by atoms with van der Waals surface area (Å²) in [6, 6.07) is 7.71.